The number of para-hydroxylation sites is 1. The fraction of sp³-hybridized carbons (Fsp3) is 0.438. The van der Waals surface area contributed by atoms with Gasteiger partial charge in [0.05, 0.1) is 11.3 Å². The van der Waals surface area contributed by atoms with Gasteiger partial charge in [0.25, 0.3) is 0 Å². The summed E-state index contributed by atoms with van der Waals surface area (Å²) in [6, 6.07) is 9.82. The lowest BCUT2D eigenvalue weighted by molar-refractivity contribution is 0.422. The van der Waals surface area contributed by atoms with Crippen molar-refractivity contribution in [3.63, 3.8) is 0 Å². The van der Waals surface area contributed by atoms with Crippen molar-refractivity contribution >= 4 is 0 Å². The molecule has 2 rings (SSSR count). The number of hydrogen-bond donors (Lipinski definition) is 1. The molecule has 1 heterocycles. The SMILES string of the molecule is Cc1nn(C)c(Oc2ccccc2)c1CNCC(C)C. The van der Waals surface area contributed by atoms with Crippen LogP contribution in [0.3, 0.4) is 0 Å². The zero-order chi connectivity index (χ0) is 14.5. The number of aromatic nitrogens is 2. The lowest BCUT2D eigenvalue weighted by Crippen LogP contribution is -2.19. The molecular weight excluding hydrogens is 250 g/mol. The summed E-state index contributed by atoms with van der Waals surface area (Å²) in [5.41, 5.74) is 2.13. The van der Waals surface area contributed by atoms with Gasteiger partial charge in [-0.2, -0.15) is 5.10 Å². The fourth-order valence-corrected chi connectivity index (χ4v) is 2.10. The van der Waals surface area contributed by atoms with E-state index in [9.17, 15) is 0 Å². The summed E-state index contributed by atoms with van der Waals surface area (Å²) in [4.78, 5) is 0. The second-order valence-electron chi connectivity index (χ2n) is 5.43. The quantitative estimate of drug-likeness (QED) is 0.878. The van der Waals surface area contributed by atoms with E-state index in [1.54, 1.807) is 4.68 Å². The Hall–Kier alpha value is -1.81. The van der Waals surface area contributed by atoms with Gasteiger partial charge < -0.3 is 10.1 Å². The molecule has 0 atom stereocenters. The van der Waals surface area contributed by atoms with Gasteiger partial charge in [-0.3, -0.25) is 0 Å². The molecule has 1 aromatic heterocycles. The van der Waals surface area contributed by atoms with E-state index in [1.807, 2.05) is 44.3 Å². The number of benzene rings is 1. The molecule has 0 aliphatic carbocycles. The van der Waals surface area contributed by atoms with E-state index in [-0.39, 0.29) is 0 Å². The Morgan fingerprint density at radius 2 is 1.95 bits per heavy atom. The largest absolute Gasteiger partial charge is 0.439 e. The number of nitrogens with zero attached hydrogens (tertiary/aromatic N) is 2. The summed E-state index contributed by atoms with van der Waals surface area (Å²) in [6.45, 7) is 8.18. The van der Waals surface area contributed by atoms with E-state index in [0.29, 0.717) is 5.92 Å². The summed E-state index contributed by atoms with van der Waals surface area (Å²) < 4.78 is 7.78. The van der Waals surface area contributed by atoms with Crippen LogP contribution in [0.2, 0.25) is 0 Å². The summed E-state index contributed by atoms with van der Waals surface area (Å²) in [7, 11) is 1.91. The zero-order valence-corrected chi connectivity index (χ0v) is 12.7. The van der Waals surface area contributed by atoms with Gasteiger partial charge in [-0.1, -0.05) is 32.0 Å². The number of aryl methyl sites for hydroxylation is 2. The summed E-state index contributed by atoms with van der Waals surface area (Å²) in [5.74, 6) is 2.27. The van der Waals surface area contributed by atoms with E-state index in [0.717, 1.165) is 36.0 Å². The molecule has 0 saturated carbocycles. The van der Waals surface area contributed by atoms with Crippen molar-refractivity contribution < 1.29 is 4.74 Å². The molecule has 0 radical (unpaired) electrons. The molecular formula is C16H23N3O. The zero-order valence-electron chi connectivity index (χ0n) is 12.7. The smallest absolute Gasteiger partial charge is 0.222 e. The van der Waals surface area contributed by atoms with Gasteiger partial charge in [0.1, 0.15) is 5.75 Å². The Balaban J connectivity index is 2.15. The summed E-state index contributed by atoms with van der Waals surface area (Å²) in [5, 5.41) is 7.90. The molecule has 0 bridgehead atoms. The monoisotopic (exact) mass is 273 g/mol. The maximum atomic E-state index is 5.98. The normalized spacial score (nSPS) is 11.1. The van der Waals surface area contributed by atoms with Gasteiger partial charge >= 0.3 is 0 Å². The predicted molar refractivity (Wildman–Crippen MR) is 81.0 cm³/mol. The lowest BCUT2D eigenvalue weighted by atomic mass is 10.2. The van der Waals surface area contributed by atoms with Gasteiger partial charge in [0.15, 0.2) is 0 Å². The first-order valence-electron chi connectivity index (χ1n) is 7.04. The van der Waals surface area contributed by atoms with Crippen LogP contribution >= 0.6 is 0 Å². The Kier molecular flexibility index (Phi) is 4.79. The Morgan fingerprint density at radius 3 is 2.60 bits per heavy atom. The minimum Gasteiger partial charge on any atom is -0.439 e. The molecule has 4 heteroatoms. The third kappa shape index (κ3) is 3.61. The molecule has 0 fully saturated rings. The topological polar surface area (TPSA) is 39.1 Å². The highest BCUT2D eigenvalue weighted by Crippen LogP contribution is 2.26. The number of hydrogen-bond acceptors (Lipinski definition) is 3. The lowest BCUT2D eigenvalue weighted by Gasteiger charge is -2.10. The first kappa shape index (κ1) is 14.6. The van der Waals surface area contributed by atoms with Crippen LogP contribution in [-0.4, -0.2) is 16.3 Å². The number of nitrogens with one attached hydrogen (secondary N) is 1. The van der Waals surface area contributed by atoms with Gasteiger partial charge in [0.2, 0.25) is 5.88 Å². The van der Waals surface area contributed by atoms with Crippen LogP contribution in [0.4, 0.5) is 0 Å². The second-order valence-corrected chi connectivity index (χ2v) is 5.43. The Bertz CT molecular complexity index is 546. The van der Waals surface area contributed by atoms with Crippen LogP contribution in [0.15, 0.2) is 30.3 Å². The molecule has 0 amide bonds. The van der Waals surface area contributed by atoms with Crippen LogP contribution < -0.4 is 10.1 Å². The van der Waals surface area contributed by atoms with Crippen molar-refractivity contribution in [2.75, 3.05) is 6.54 Å². The molecule has 0 saturated heterocycles. The van der Waals surface area contributed by atoms with Crippen LogP contribution in [0.1, 0.15) is 25.1 Å². The van der Waals surface area contributed by atoms with Gasteiger partial charge in [-0.25, -0.2) is 4.68 Å². The van der Waals surface area contributed by atoms with E-state index in [4.69, 9.17) is 4.74 Å². The van der Waals surface area contributed by atoms with E-state index < -0.39 is 0 Å². The van der Waals surface area contributed by atoms with Crippen LogP contribution in [0.25, 0.3) is 0 Å². The van der Waals surface area contributed by atoms with Crippen molar-refractivity contribution in [2.45, 2.75) is 27.3 Å². The Morgan fingerprint density at radius 1 is 1.25 bits per heavy atom. The third-order valence-corrected chi connectivity index (χ3v) is 3.10. The molecule has 0 aliphatic heterocycles. The molecule has 0 spiro atoms. The number of rotatable bonds is 6. The first-order valence-corrected chi connectivity index (χ1v) is 7.04. The minimum atomic E-state index is 0.630. The minimum absolute atomic E-state index is 0.630. The second kappa shape index (κ2) is 6.57. The maximum Gasteiger partial charge on any atom is 0.222 e. The van der Waals surface area contributed by atoms with Crippen molar-refractivity contribution in [1.82, 2.24) is 15.1 Å². The van der Waals surface area contributed by atoms with E-state index in [2.05, 4.69) is 24.3 Å². The molecule has 20 heavy (non-hydrogen) atoms. The third-order valence-electron chi connectivity index (χ3n) is 3.10. The van der Waals surface area contributed by atoms with Gasteiger partial charge in [-0.15, -0.1) is 0 Å². The standard InChI is InChI=1S/C16H23N3O/c1-12(2)10-17-11-15-13(3)18-19(4)16(15)20-14-8-6-5-7-9-14/h5-9,12,17H,10-11H2,1-4H3. The molecule has 4 nitrogen and oxygen atoms in total. The molecule has 108 valence electrons. The Labute approximate surface area is 120 Å². The van der Waals surface area contributed by atoms with E-state index in [1.165, 1.54) is 0 Å². The van der Waals surface area contributed by atoms with Crippen molar-refractivity contribution in [2.24, 2.45) is 13.0 Å². The molecule has 0 unspecified atom stereocenters. The molecule has 0 aliphatic rings. The van der Waals surface area contributed by atoms with Crippen LogP contribution in [-0.2, 0) is 13.6 Å². The highest BCUT2D eigenvalue weighted by atomic mass is 16.5. The first-order chi connectivity index (χ1) is 9.58. The highest BCUT2D eigenvalue weighted by molar-refractivity contribution is 5.35. The van der Waals surface area contributed by atoms with E-state index >= 15 is 0 Å². The summed E-state index contributed by atoms with van der Waals surface area (Å²) >= 11 is 0. The van der Waals surface area contributed by atoms with Crippen molar-refractivity contribution in [1.29, 1.82) is 0 Å². The predicted octanol–water partition coefficient (Wildman–Crippen LogP) is 3.27. The van der Waals surface area contributed by atoms with Crippen molar-refractivity contribution in [3.8, 4) is 11.6 Å². The summed E-state index contributed by atoms with van der Waals surface area (Å²) in [6.07, 6.45) is 0. The average Bonchev–Trinajstić information content (AvgIpc) is 2.66. The fourth-order valence-electron chi connectivity index (χ4n) is 2.10. The number of ether oxygens (including phenoxy) is 1. The van der Waals surface area contributed by atoms with Crippen LogP contribution in [0.5, 0.6) is 11.6 Å². The molecule has 1 aromatic carbocycles. The van der Waals surface area contributed by atoms with Crippen molar-refractivity contribution in [3.05, 3.63) is 41.6 Å². The van der Waals surface area contributed by atoms with Gasteiger partial charge in [0, 0.05) is 13.6 Å². The van der Waals surface area contributed by atoms with Gasteiger partial charge in [-0.05, 0) is 31.5 Å². The van der Waals surface area contributed by atoms with Crippen LogP contribution in [0, 0.1) is 12.8 Å². The molecule has 1 N–H and O–H groups in total. The molecule has 2 aromatic rings. The maximum absolute atomic E-state index is 5.98. The highest BCUT2D eigenvalue weighted by Gasteiger charge is 2.15. The average molecular weight is 273 g/mol.